The highest BCUT2D eigenvalue weighted by Crippen LogP contribution is 2.17. The van der Waals surface area contributed by atoms with Crippen molar-refractivity contribution < 1.29 is 9.26 Å². The molecule has 0 bridgehead atoms. The van der Waals surface area contributed by atoms with Crippen LogP contribution in [0.1, 0.15) is 18.6 Å². The van der Waals surface area contributed by atoms with Crippen LogP contribution in [0.15, 0.2) is 4.52 Å². The van der Waals surface area contributed by atoms with Crippen molar-refractivity contribution in [1.29, 1.82) is 0 Å². The molecule has 0 radical (unpaired) electrons. The van der Waals surface area contributed by atoms with E-state index in [0.717, 1.165) is 13.1 Å². The number of hydrogen-bond acceptors (Lipinski definition) is 6. The number of nitrogens with one attached hydrogen (secondary N) is 1. The molecule has 2 heterocycles. The van der Waals surface area contributed by atoms with Crippen molar-refractivity contribution in [2.75, 3.05) is 27.2 Å². The highest BCUT2D eigenvalue weighted by Gasteiger charge is 2.32. The van der Waals surface area contributed by atoms with E-state index in [0.29, 0.717) is 24.9 Å². The molecule has 1 N–H and O–H groups in total. The zero-order valence-electron chi connectivity index (χ0n) is 9.99. The molecule has 0 aliphatic carbocycles. The largest absolute Gasteiger partial charge is 0.363 e. The van der Waals surface area contributed by atoms with Crippen molar-refractivity contribution in [2.45, 2.75) is 25.7 Å². The summed E-state index contributed by atoms with van der Waals surface area (Å²) in [4.78, 5) is 6.24. The maximum absolute atomic E-state index is 5.70. The van der Waals surface area contributed by atoms with Gasteiger partial charge in [0.25, 0.3) is 5.89 Å². The van der Waals surface area contributed by atoms with Gasteiger partial charge in [-0.25, -0.2) is 0 Å². The number of nitrogens with zero attached hydrogens (tertiary/aromatic N) is 3. The molecule has 6 nitrogen and oxygen atoms in total. The SMILES string of the molecule is CN(C)Cc1noc(COC2(C)CNC2)n1. The lowest BCUT2D eigenvalue weighted by molar-refractivity contribution is -0.0841. The Morgan fingerprint density at radius 1 is 1.50 bits per heavy atom. The van der Waals surface area contributed by atoms with Gasteiger partial charge in [-0.3, -0.25) is 0 Å². The van der Waals surface area contributed by atoms with Crippen LogP contribution in [-0.4, -0.2) is 47.8 Å². The van der Waals surface area contributed by atoms with E-state index in [9.17, 15) is 0 Å². The molecule has 1 fully saturated rings. The fourth-order valence-electron chi connectivity index (χ4n) is 1.51. The second-order valence-corrected chi connectivity index (χ2v) is 4.68. The second kappa shape index (κ2) is 4.48. The normalized spacial score (nSPS) is 18.8. The van der Waals surface area contributed by atoms with Gasteiger partial charge in [0.05, 0.1) is 12.1 Å². The van der Waals surface area contributed by atoms with Crippen LogP contribution >= 0.6 is 0 Å². The summed E-state index contributed by atoms with van der Waals surface area (Å²) in [5.41, 5.74) is -0.0732. The van der Waals surface area contributed by atoms with Crippen molar-refractivity contribution in [2.24, 2.45) is 0 Å². The van der Waals surface area contributed by atoms with Gasteiger partial charge in [0.15, 0.2) is 5.82 Å². The minimum atomic E-state index is -0.0732. The average Bonchev–Trinajstić information content (AvgIpc) is 2.58. The average molecular weight is 226 g/mol. The lowest BCUT2D eigenvalue weighted by Crippen LogP contribution is -2.58. The van der Waals surface area contributed by atoms with Crippen LogP contribution in [0.3, 0.4) is 0 Å². The summed E-state index contributed by atoms with van der Waals surface area (Å²) in [6.45, 7) is 4.90. The Balaban J connectivity index is 1.83. The van der Waals surface area contributed by atoms with Gasteiger partial charge >= 0.3 is 0 Å². The fourth-order valence-corrected chi connectivity index (χ4v) is 1.51. The molecule has 2 rings (SSSR count). The van der Waals surface area contributed by atoms with Crippen molar-refractivity contribution in [3.05, 3.63) is 11.7 Å². The Morgan fingerprint density at radius 2 is 2.25 bits per heavy atom. The Hall–Kier alpha value is -0.980. The molecule has 90 valence electrons. The molecule has 1 aliphatic heterocycles. The molecule has 16 heavy (non-hydrogen) atoms. The number of hydrogen-bond donors (Lipinski definition) is 1. The van der Waals surface area contributed by atoms with Crippen LogP contribution < -0.4 is 5.32 Å². The molecule has 0 spiro atoms. The standard InChI is InChI=1S/C10H18N4O2/c1-10(6-11-7-10)15-5-9-12-8(13-16-9)4-14(2)3/h11H,4-7H2,1-3H3. The summed E-state index contributed by atoms with van der Waals surface area (Å²) in [7, 11) is 3.93. The van der Waals surface area contributed by atoms with Crippen LogP contribution in [0.5, 0.6) is 0 Å². The molecule has 1 aromatic rings. The third kappa shape index (κ3) is 2.78. The lowest BCUT2D eigenvalue weighted by atomic mass is 10.0. The zero-order chi connectivity index (χ0) is 11.6. The molecular formula is C10H18N4O2. The van der Waals surface area contributed by atoms with Crippen LogP contribution in [0.2, 0.25) is 0 Å². The lowest BCUT2D eigenvalue weighted by Gasteiger charge is -2.38. The molecule has 0 saturated carbocycles. The number of aromatic nitrogens is 2. The Kier molecular flexibility index (Phi) is 3.22. The van der Waals surface area contributed by atoms with Gasteiger partial charge in [-0.1, -0.05) is 5.16 Å². The number of ether oxygens (including phenoxy) is 1. The topological polar surface area (TPSA) is 63.4 Å². The van der Waals surface area contributed by atoms with Crippen molar-refractivity contribution in [3.63, 3.8) is 0 Å². The third-order valence-corrected chi connectivity index (χ3v) is 2.51. The molecular weight excluding hydrogens is 208 g/mol. The highest BCUT2D eigenvalue weighted by atomic mass is 16.5. The quantitative estimate of drug-likeness (QED) is 0.763. The second-order valence-electron chi connectivity index (χ2n) is 4.68. The van der Waals surface area contributed by atoms with Gasteiger partial charge < -0.3 is 19.5 Å². The molecule has 6 heteroatoms. The molecule has 0 aromatic carbocycles. The monoisotopic (exact) mass is 226 g/mol. The molecule has 1 saturated heterocycles. The van der Waals surface area contributed by atoms with Crippen LogP contribution in [0, 0.1) is 0 Å². The highest BCUT2D eigenvalue weighted by molar-refractivity contribution is 4.91. The van der Waals surface area contributed by atoms with E-state index in [1.807, 2.05) is 19.0 Å². The van der Waals surface area contributed by atoms with Gasteiger partial charge in [-0.2, -0.15) is 4.98 Å². The smallest absolute Gasteiger partial charge is 0.252 e. The third-order valence-electron chi connectivity index (χ3n) is 2.51. The van der Waals surface area contributed by atoms with E-state index in [1.165, 1.54) is 0 Å². The van der Waals surface area contributed by atoms with E-state index >= 15 is 0 Å². The minimum Gasteiger partial charge on any atom is -0.363 e. The first kappa shape index (κ1) is 11.5. The number of rotatable bonds is 5. The Morgan fingerprint density at radius 3 is 2.81 bits per heavy atom. The summed E-state index contributed by atoms with van der Waals surface area (Å²) in [5.74, 6) is 1.24. The maximum atomic E-state index is 5.70. The summed E-state index contributed by atoms with van der Waals surface area (Å²) in [6, 6.07) is 0. The van der Waals surface area contributed by atoms with Crippen LogP contribution in [0.25, 0.3) is 0 Å². The molecule has 0 amide bonds. The minimum absolute atomic E-state index is 0.0732. The van der Waals surface area contributed by atoms with Gasteiger partial charge in [0.2, 0.25) is 0 Å². The fraction of sp³-hybridized carbons (Fsp3) is 0.800. The summed E-state index contributed by atoms with van der Waals surface area (Å²) < 4.78 is 10.8. The summed E-state index contributed by atoms with van der Waals surface area (Å²) in [5, 5.41) is 7.05. The van der Waals surface area contributed by atoms with Gasteiger partial charge in [0.1, 0.15) is 6.61 Å². The van der Waals surface area contributed by atoms with Crippen molar-refractivity contribution in [1.82, 2.24) is 20.4 Å². The summed E-state index contributed by atoms with van der Waals surface area (Å²) >= 11 is 0. The predicted molar refractivity (Wildman–Crippen MR) is 57.8 cm³/mol. The first-order valence-electron chi connectivity index (χ1n) is 5.38. The zero-order valence-corrected chi connectivity index (χ0v) is 9.99. The Bertz CT molecular complexity index is 346. The molecule has 1 aromatic heterocycles. The Labute approximate surface area is 95.0 Å². The van der Waals surface area contributed by atoms with Crippen LogP contribution in [-0.2, 0) is 17.9 Å². The van der Waals surface area contributed by atoms with Crippen molar-refractivity contribution in [3.8, 4) is 0 Å². The van der Waals surface area contributed by atoms with E-state index in [-0.39, 0.29) is 5.60 Å². The molecule has 0 atom stereocenters. The first-order chi connectivity index (χ1) is 7.57. The van der Waals surface area contributed by atoms with Gasteiger partial charge in [-0.15, -0.1) is 0 Å². The van der Waals surface area contributed by atoms with E-state index in [1.54, 1.807) is 0 Å². The van der Waals surface area contributed by atoms with Gasteiger partial charge in [-0.05, 0) is 21.0 Å². The van der Waals surface area contributed by atoms with Crippen molar-refractivity contribution >= 4 is 0 Å². The maximum Gasteiger partial charge on any atom is 0.252 e. The van der Waals surface area contributed by atoms with Gasteiger partial charge in [0, 0.05) is 13.1 Å². The summed E-state index contributed by atoms with van der Waals surface area (Å²) in [6.07, 6.45) is 0. The predicted octanol–water partition coefficient (Wildman–Crippen LogP) is 0.00970. The van der Waals surface area contributed by atoms with E-state index in [4.69, 9.17) is 9.26 Å². The van der Waals surface area contributed by atoms with Crippen LogP contribution in [0.4, 0.5) is 0 Å². The van der Waals surface area contributed by atoms with E-state index in [2.05, 4.69) is 22.4 Å². The van der Waals surface area contributed by atoms with E-state index < -0.39 is 0 Å². The molecule has 0 unspecified atom stereocenters. The molecule has 1 aliphatic rings. The first-order valence-corrected chi connectivity index (χ1v) is 5.38.